The Labute approximate surface area is 99.2 Å². The zero-order chi connectivity index (χ0) is 12.6. The van der Waals surface area contributed by atoms with Gasteiger partial charge in [0.1, 0.15) is 0 Å². The molecule has 1 aliphatic heterocycles. The molecule has 1 saturated heterocycles. The van der Waals surface area contributed by atoms with E-state index in [0.29, 0.717) is 0 Å². The molecular weight excluding hydrogens is 228 g/mol. The first-order valence-electron chi connectivity index (χ1n) is 6.44. The maximum atomic E-state index is 9.67. The van der Waals surface area contributed by atoms with Gasteiger partial charge >= 0.3 is 7.54 Å². The minimum Gasteiger partial charge on any atom is -0.254 e. The molecular formula is C11H24BF3Si. The highest BCUT2D eigenvalue weighted by Crippen LogP contribution is 2.44. The minimum absolute atomic E-state index is 0.760. The van der Waals surface area contributed by atoms with Crippen molar-refractivity contribution in [3.05, 3.63) is 0 Å². The molecule has 5 heteroatoms. The molecule has 0 aliphatic carbocycles. The second kappa shape index (κ2) is 8.21. The Morgan fingerprint density at radius 2 is 1.56 bits per heavy atom. The van der Waals surface area contributed by atoms with Gasteiger partial charge in [-0.25, -0.2) is 0 Å². The Morgan fingerprint density at radius 3 is 1.88 bits per heavy atom. The molecule has 0 amide bonds. The van der Waals surface area contributed by atoms with Gasteiger partial charge < -0.3 is 0 Å². The summed E-state index contributed by atoms with van der Waals surface area (Å²) in [5, 5.41) is 0. The van der Waals surface area contributed by atoms with Gasteiger partial charge in [0, 0.05) is 0 Å². The molecule has 16 heavy (non-hydrogen) atoms. The van der Waals surface area contributed by atoms with Gasteiger partial charge in [-0.1, -0.05) is 64.6 Å². The second-order valence-corrected chi connectivity index (χ2v) is 10.1. The van der Waals surface area contributed by atoms with Crippen LogP contribution >= 0.6 is 0 Å². The average molecular weight is 252 g/mol. The van der Waals surface area contributed by atoms with Crippen LogP contribution in [0.4, 0.5) is 12.9 Å². The van der Waals surface area contributed by atoms with E-state index in [4.69, 9.17) is 0 Å². The zero-order valence-corrected chi connectivity index (χ0v) is 11.7. The lowest BCUT2D eigenvalue weighted by Gasteiger charge is -2.41. The number of halogens is 3. The lowest BCUT2D eigenvalue weighted by atomic mass is 10.1. The Hall–Kier alpha value is 0.0718. The van der Waals surface area contributed by atoms with Crippen LogP contribution in [0.5, 0.6) is 0 Å². The Balaban J connectivity index is 0.000000487. The maximum absolute atomic E-state index is 9.67. The molecule has 0 aromatic rings. The van der Waals surface area contributed by atoms with Crippen molar-refractivity contribution in [1.82, 2.24) is 0 Å². The predicted molar refractivity (Wildman–Crippen MR) is 68.5 cm³/mol. The summed E-state index contributed by atoms with van der Waals surface area (Å²) in [6, 6.07) is 4.72. The summed E-state index contributed by atoms with van der Waals surface area (Å²) in [5.74, 6) is 0. The Bertz CT molecular complexity index is 172. The van der Waals surface area contributed by atoms with Crippen LogP contribution < -0.4 is 0 Å². The van der Waals surface area contributed by atoms with E-state index in [-0.39, 0.29) is 0 Å². The van der Waals surface area contributed by atoms with Crippen molar-refractivity contribution in [2.24, 2.45) is 0 Å². The first kappa shape index (κ1) is 16.1. The van der Waals surface area contributed by atoms with Gasteiger partial charge in [0.15, 0.2) is 0 Å². The van der Waals surface area contributed by atoms with Crippen LogP contribution in [0, 0.1) is 0 Å². The van der Waals surface area contributed by atoms with Gasteiger partial charge in [0.25, 0.3) is 0 Å². The highest BCUT2D eigenvalue weighted by molar-refractivity contribution is 6.81. The molecule has 1 unspecified atom stereocenters. The van der Waals surface area contributed by atoms with E-state index >= 15 is 0 Å². The molecule has 1 atom stereocenters. The van der Waals surface area contributed by atoms with Crippen LogP contribution in [0.2, 0.25) is 23.7 Å². The summed E-state index contributed by atoms with van der Waals surface area (Å²) >= 11 is 0. The smallest absolute Gasteiger partial charge is 0.254 e. The standard InChI is InChI=1S/C11H24Si.BF3/c1-4-11-9-7-8-10-12(11,5-2)6-3;2-1(3)4/h11H,4-10H2,1-3H3;. The van der Waals surface area contributed by atoms with Crippen molar-refractivity contribution in [1.29, 1.82) is 0 Å². The second-order valence-electron chi connectivity index (χ2n) is 4.67. The Morgan fingerprint density at radius 1 is 1.06 bits per heavy atom. The summed E-state index contributed by atoms with van der Waals surface area (Å²) in [6.07, 6.45) is 6.09. The molecule has 0 aromatic heterocycles. The minimum atomic E-state index is -3.67. The van der Waals surface area contributed by atoms with Crippen LogP contribution in [0.25, 0.3) is 0 Å². The van der Waals surface area contributed by atoms with E-state index in [1.165, 1.54) is 18.4 Å². The molecule has 0 N–H and O–H groups in total. The first-order chi connectivity index (χ1) is 7.52. The third-order valence-electron chi connectivity index (χ3n) is 4.24. The van der Waals surface area contributed by atoms with Crippen LogP contribution in [-0.2, 0) is 0 Å². The van der Waals surface area contributed by atoms with Crippen molar-refractivity contribution in [2.75, 3.05) is 0 Å². The molecule has 1 fully saturated rings. The van der Waals surface area contributed by atoms with Crippen LogP contribution in [0.1, 0.15) is 46.5 Å². The van der Waals surface area contributed by atoms with E-state index in [9.17, 15) is 12.9 Å². The van der Waals surface area contributed by atoms with Crippen molar-refractivity contribution in [2.45, 2.75) is 70.1 Å². The van der Waals surface area contributed by atoms with Crippen molar-refractivity contribution in [3.8, 4) is 0 Å². The third kappa shape index (κ3) is 4.94. The fourth-order valence-electron chi connectivity index (χ4n) is 3.20. The molecule has 0 aromatic carbocycles. The number of hydrogen-bond donors (Lipinski definition) is 0. The van der Waals surface area contributed by atoms with Crippen LogP contribution in [0.3, 0.4) is 0 Å². The molecule has 0 nitrogen and oxygen atoms in total. The molecule has 96 valence electrons. The van der Waals surface area contributed by atoms with E-state index in [1.54, 1.807) is 31.0 Å². The quantitative estimate of drug-likeness (QED) is 0.596. The molecule has 1 rings (SSSR count). The monoisotopic (exact) mass is 252 g/mol. The number of rotatable bonds is 3. The van der Waals surface area contributed by atoms with E-state index in [2.05, 4.69) is 20.8 Å². The molecule has 0 saturated carbocycles. The summed E-state index contributed by atoms with van der Waals surface area (Å²) in [7, 11) is -4.43. The lowest BCUT2D eigenvalue weighted by Crippen LogP contribution is -2.40. The summed E-state index contributed by atoms with van der Waals surface area (Å²) in [5.41, 5.74) is 1.17. The zero-order valence-electron chi connectivity index (χ0n) is 10.7. The van der Waals surface area contributed by atoms with Crippen LogP contribution in [-0.4, -0.2) is 15.6 Å². The van der Waals surface area contributed by atoms with Gasteiger partial charge in [0.2, 0.25) is 0 Å². The summed E-state index contributed by atoms with van der Waals surface area (Å²) in [4.78, 5) is 0. The fraction of sp³-hybridized carbons (Fsp3) is 1.00. The van der Waals surface area contributed by atoms with Crippen molar-refractivity contribution >= 4 is 15.6 Å². The normalized spacial score (nSPS) is 23.2. The fourth-order valence-corrected chi connectivity index (χ4v) is 8.60. The first-order valence-corrected chi connectivity index (χ1v) is 9.14. The van der Waals surface area contributed by atoms with E-state index < -0.39 is 15.6 Å². The van der Waals surface area contributed by atoms with Crippen molar-refractivity contribution in [3.63, 3.8) is 0 Å². The van der Waals surface area contributed by atoms with Gasteiger partial charge in [-0.05, 0) is 5.54 Å². The third-order valence-corrected chi connectivity index (χ3v) is 10.8. The average Bonchev–Trinajstić information content (AvgIpc) is 2.28. The molecule has 1 heterocycles. The van der Waals surface area contributed by atoms with Gasteiger partial charge in [-0.15, -0.1) is 0 Å². The van der Waals surface area contributed by atoms with Gasteiger partial charge in [0.05, 0.1) is 8.07 Å². The molecule has 0 radical (unpaired) electrons. The number of hydrogen-bond acceptors (Lipinski definition) is 0. The SMILES string of the molecule is CCC1CCCC[Si]1(CC)CC.FB(F)F. The van der Waals surface area contributed by atoms with Gasteiger partial charge in [-0.3, -0.25) is 12.9 Å². The predicted octanol–water partition coefficient (Wildman–Crippen LogP) is 5.32. The highest BCUT2D eigenvalue weighted by Gasteiger charge is 2.38. The Kier molecular flexibility index (Phi) is 8.24. The van der Waals surface area contributed by atoms with Gasteiger partial charge in [-0.2, -0.15) is 0 Å². The molecule has 0 spiro atoms. The lowest BCUT2D eigenvalue weighted by molar-refractivity contribution is 0.535. The van der Waals surface area contributed by atoms with Crippen molar-refractivity contribution < 1.29 is 12.9 Å². The largest absolute Gasteiger partial charge is 0.762 e. The maximum Gasteiger partial charge on any atom is 0.762 e. The topological polar surface area (TPSA) is 0 Å². The molecule has 1 aliphatic rings. The van der Waals surface area contributed by atoms with Crippen LogP contribution in [0.15, 0.2) is 0 Å². The highest BCUT2D eigenvalue weighted by atomic mass is 28.3. The summed E-state index contributed by atoms with van der Waals surface area (Å²) < 4.78 is 29.0. The van der Waals surface area contributed by atoms with E-state index in [0.717, 1.165) is 0 Å². The summed E-state index contributed by atoms with van der Waals surface area (Å²) in [6.45, 7) is 7.30. The van der Waals surface area contributed by atoms with E-state index in [1.807, 2.05) is 0 Å². The molecule has 0 bridgehead atoms.